The van der Waals surface area contributed by atoms with Crippen molar-refractivity contribution in [2.75, 3.05) is 13.1 Å². The van der Waals surface area contributed by atoms with Gasteiger partial charge in [0.25, 0.3) is 0 Å². The fraction of sp³-hybridized carbons (Fsp3) is 0.385. The molecule has 0 bridgehead atoms. The summed E-state index contributed by atoms with van der Waals surface area (Å²) in [6.07, 6.45) is 1.93. The van der Waals surface area contributed by atoms with Crippen LogP contribution in [0.1, 0.15) is 25.0 Å². The fourth-order valence-corrected chi connectivity index (χ4v) is 1.57. The summed E-state index contributed by atoms with van der Waals surface area (Å²) >= 11 is 0. The first kappa shape index (κ1) is 14.2. The molecular formula is C13H20ClN. The van der Waals surface area contributed by atoms with E-state index in [0.29, 0.717) is 0 Å². The van der Waals surface area contributed by atoms with Crippen molar-refractivity contribution in [2.45, 2.75) is 20.4 Å². The topological polar surface area (TPSA) is 3.24 Å². The van der Waals surface area contributed by atoms with Gasteiger partial charge in [0.1, 0.15) is 0 Å². The molecule has 0 N–H and O–H groups in total. The van der Waals surface area contributed by atoms with Crippen LogP contribution in [0.25, 0.3) is 6.08 Å². The Kier molecular flexibility index (Phi) is 7.10. The predicted molar refractivity (Wildman–Crippen MR) is 70.4 cm³/mol. The zero-order chi connectivity index (χ0) is 10.4. The molecule has 0 radical (unpaired) electrons. The van der Waals surface area contributed by atoms with E-state index in [2.05, 4.69) is 49.6 Å². The molecule has 1 nitrogen and oxygen atoms in total. The highest BCUT2D eigenvalue weighted by molar-refractivity contribution is 5.85. The molecule has 15 heavy (non-hydrogen) atoms. The number of hydrogen-bond donors (Lipinski definition) is 0. The zero-order valence-corrected chi connectivity index (χ0v) is 10.4. The average Bonchev–Trinajstić information content (AvgIpc) is 2.26. The minimum Gasteiger partial charge on any atom is -0.300 e. The molecule has 0 amide bonds. The molecule has 0 saturated heterocycles. The Morgan fingerprint density at radius 1 is 1.20 bits per heavy atom. The van der Waals surface area contributed by atoms with Gasteiger partial charge >= 0.3 is 0 Å². The van der Waals surface area contributed by atoms with Gasteiger partial charge in [0, 0.05) is 6.54 Å². The van der Waals surface area contributed by atoms with Crippen molar-refractivity contribution >= 4 is 18.5 Å². The summed E-state index contributed by atoms with van der Waals surface area (Å²) in [5, 5.41) is 0. The van der Waals surface area contributed by atoms with E-state index < -0.39 is 0 Å². The molecule has 2 heteroatoms. The summed E-state index contributed by atoms with van der Waals surface area (Å²) in [7, 11) is 0. The summed E-state index contributed by atoms with van der Waals surface area (Å²) in [5.41, 5.74) is 2.62. The standard InChI is InChI=1S/C13H19N.ClH/c1-4-12-9-7-8-10-13(12)11-14(5-2)6-3;/h4,7-10H,1,5-6,11H2,2-3H3;1H. The van der Waals surface area contributed by atoms with Gasteiger partial charge in [-0.15, -0.1) is 12.4 Å². The van der Waals surface area contributed by atoms with E-state index in [1.165, 1.54) is 11.1 Å². The molecule has 0 heterocycles. The molecule has 0 saturated carbocycles. The molecule has 0 aromatic heterocycles. The zero-order valence-electron chi connectivity index (χ0n) is 9.57. The molecular weight excluding hydrogens is 206 g/mol. The largest absolute Gasteiger partial charge is 0.300 e. The van der Waals surface area contributed by atoms with Crippen molar-refractivity contribution in [1.29, 1.82) is 0 Å². The summed E-state index contributed by atoms with van der Waals surface area (Å²) < 4.78 is 0. The van der Waals surface area contributed by atoms with Gasteiger partial charge in [-0.2, -0.15) is 0 Å². The Balaban J connectivity index is 0.00000196. The van der Waals surface area contributed by atoms with Crippen LogP contribution in [0.5, 0.6) is 0 Å². The normalized spacial score (nSPS) is 9.80. The van der Waals surface area contributed by atoms with Crippen LogP contribution in [0.2, 0.25) is 0 Å². The van der Waals surface area contributed by atoms with E-state index in [4.69, 9.17) is 0 Å². The maximum absolute atomic E-state index is 3.83. The minimum absolute atomic E-state index is 0. The van der Waals surface area contributed by atoms with Crippen LogP contribution in [0, 0.1) is 0 Å². The molecule has 0 aliphatic carbocycles. The second kappa shape index (κ2) is 7.49. The van der Waals surface area contributed by atoms with Crippen LogP contribution in [0.15, 0.2) is 30.8 Å². The van der Waals surface area contributed by atoms with E-state index in [1.807, 2.05) is 6.08 Å². The lowest BCUT2D eigenvalue weighted by atomic mass is 10.1. The van der Waals surface area contributed by atoms with E-state index in [1.54, 1.807) is 0 Å². The lowest BCUT2D eigenvalue weighted by Crippen LogP contribution is -2.22. The molecule has 0 spiro atoms. The van der Waals surface area contributed by atoms with E-state index in [9.17, 15) is 0 Å². The van der Waals surface area contributed by atoms with E-state index >= 15 is 0 Å². The van der Waals surface area contributed by atoms with Crippen molar-refractivity contribution in [3.05, 3.63) is 42.0 Å². The van der Waals surface area contributed by atoms with Crippen molar-refractivity contribution in [3.8, 4) is 0 Å². The van der Waals surface area contributed by atoms with Gasteiger partial charge < -0.3 is 0 Å². The van der Waals surface area contributed by atoms with Gasteiger partial charge in [0.05, 0.1) is 0 Å². The highest BCUT2D eigenvalue weighted by Gasteiger charge is 2.03. The van der Waals surface area contributed by atoms with Crippen molar-refractivity contribution in [2.24, 2.45) is 0 Å². The number of nitrogens with zero attached hydrogens (tertiary/aromatic N) is 1. The third-order valence-electron chi connectivity index (χ3n) is 2.56. The first-order chi connectivity index (χ1) is 6.81. The number of rotatable bonds is 5. The molecule has 0 unspecified atom stereocenters. The Hall–Kier alpha value is -0.790. The molecule has 84 valence electrons. The Morgan fingerprint density at radius 3 is 2.33 bits per heavy atom. The number of hydrogen-bond acceptors (Lipinski definition) is 1. The van der Waals surface area contributed by atoms with Crippen molar-refractivity contribution < 1.29 is 0 Å². The molecule has 0 aliphatic heterocycles. The second-order valence-corrected chi connectivity index (χ2v) is 3.36. The van der Waals surface area contributed by atoms with Gasteiger partial charge in [-0.3, -0.25) is 4.90 Å². The molecule has 1 aromatic carbocycles. The molecule has 1 aromatic rings. The van der Waals surface area contributed by atoms with E-state index in [0.717, 1.165) is 19.6 Å². The average molecular weight is 226 g/mol. The first-order valence-corrected chi connectivity index (χ1v) is 5.24. The molecule has 1 rings (SSSR count). The van der Waals surface area contributed by atoms with E-state index in [-0.39, 0.29) is 12.4 Å². The maximum Gasteiger partial charge on any atom is 0.0239 e. The SMILES string of the molecule is C=Cc1ccccc1CN(CC)CC.Cl. The van der Waals surface area contributed by atoms with Crippen LogP contribution in [0.4, 0.5) is 0 Å². The first-order valence-electron chi connectivity index (χ1n) is 5.24. The van der Waals surface area contributed by atoms with Crippen LogP contribution in [-0.2, 0) is 6.54 Å². The minimum atomic E-state index is 0. The number of halogens is 1. The van der Waals surface area contributed by atoms with Crippen molar-refractivity contribution in [3.63, 3.8) is 0 Å². The predicted octanol–water partition coefficient (Wildman–Crippen LogP) is 3.59. The fourth-order valence-electron chi connectivity index (χ4n) is 1.57. The lowest BCUT2D eigenvalue weighted by Gasteiger charge is -2.19. The van der Waals surface area contributed by atoms with Crippen molar-refractivity contribution in [1.82, 2.24) is 4.90 Å². The van der Waals surface area contributed by atoms with Gasteiger partial charge in [-0.05, 0) is 24.2 Å². The molecule has 0 aliphatic rings. The quantitative estimate of drug-likeness (QED) is 0.740. The summed E-state index contributed by atoms with van der Waals surface area (Å²) in [5.74, 6) is 0. The van der Waals surface area contributed by atoms with Crippen LogP contribution in [-0.4, -0.2) is 18.0 Å². The monoisotopic (exact) mass is 225 g/mol. The second-order valence-electron chi connectivity index (χ2n) is 3.36. The smallest absolute Gasteiger partial charge is 0.0239 e. The van der Waals surface area contributed by atoms with Crippen LogP contribution in [0.3, 0.4) is 0 Å². The highest BCUT2D eigenvalue weighted by Crippen LogP contribution is 2.12. The maximum atomic E-state index is 3.83. The van der Waals surface area contributed by atoms with Gasteiger partial charge in [0.2, 0.25) is 0 Å². The molecule has 0 fully saturated rings. The Labute approximate surface area is 99.2 Å². The third kappa shape index (κ3) is 4.06. The summed E-state index contributed by atoms with van der Waals surface area (Å²) in [6.45, 7) is 11.4. The summed E-state index contributed by atoms with van der Waals surface area (Å²) in [6, 6.07) is 8.44. The lowest BCUT2D eigenvalue weighted by molar-refractivity contribution is 0.295. The Morgan fingerprint density at radius 2 is 1.80 bits per heavy atom. The third-order valence-corrected chi connectivity index (χ3v) is 2.56. The van der Waals surface area contributed by atoms with Gasteiger partial charge in [0.15, 0.2) is 0 Å². The van der Waals surface area contributed by atoms with Crippen LogP contribution < -0.4 is 0 Å². The number of benzene rings is 1. The van der Waals surface area contributed by atoms with Crippen LogP contribution >= 0.6 is 12.4 Å². The highest BCUT2D eigenvalue weighted by atomic mass is 35.5. The molecule has 0 atom stereocenters. The van der Waals surface area contributed by atoms with Gasteiger partial charge in [-0.25, -0.2) is 0 Å². The summed E-state index contributed by atoms with van der Waals surface area (Å²) in [4.78, 5) is 2.41. The Bertz CT molecular complexity index is 292. The van der Waals surface area contributed by atoms with Gasteiger partial charge in [-0.1, -0.05) is 50.8 Å².